The number of hydrogen-bond acceptors (Lipinski definition) is 4. The Bertz CT molecular complexity index is 700. The molecule has 0 aliphatic carbocycles. The molecule has 0 radical (unpaired) electrons. The molecule has 0 spiro atoms. The van der Waals surface area contributed by atoms with Crippen molar-refractivity contribution in [2.75, 3.05) is 13.1 Å². The number of sulfonamides is 1. The number of aliphatic carboxylic acids is 1. The average Bonchev–Trinajstić information content (AvgIpc) is 2.35. The molecule has 1 aromatic carbocycles. The first-order valence-corrected chi connectivity index (χ1v) is 8.70. The zero-order valence-corrected chi connectivity index (χ0v) is 13.9. The van der Waals surface area contributed by atoms with Gasteiger partial charge in [0.25, 0.3) is 0 Å². The lowest BCUT2D eigenvalue weighted by Crippen LogP contribution is -2.47. The minimum absolute atomic E-state index is 0.00502. The van der Waals surface area contributed by atoms with E-state index >= 15 is 0 Å². The van der Waals surface area contributed by atoms with E-state index in [1.807, 2.05) is 0 Å². The van der Waals surface area contributed by atoms with Crippen molar-refractivity contribution in [1.82, 2.24) is 4.31 Å². The van der Waals surface area contributed by atoms with Crippen LogP contribution < -0.4 is 0 Å². The Morgan fingerprint density at radius 2 is 1.87 bits per heavy atom. The fourth-order valence-corrected chi connectivity index (χ4v) is 4.65. The van der Waals surface area contributed by atoms with Gasteiger partial charge in [-0.2, -0.15) is 4.31 Å². The molecule has 0 amide bonds. The molecule has 23 heavy (non-hydrogen) atoms. The van der Waals surface area contributed by atoms with Crippen LogP contribution in [0.5, 0.6) is 0 Å². The number of rotatable bonds is 4. The molecule has 128 valence electrons. The molecule has 1 aliphatic heterocycles. The molecule has 0 unspecified atom stereocenters. The highest BCUT2D eigenvalue weighted by atomic mass is 32.2. The van der Waals surface area contributed by atoms with Crippen LogP contribution in [-0.4, -0.2) is 47.6 Å². The van der Waals surface area contributed by atoms with E-state index in [9.17, 15) is 22.7 Å². The largest absolute Gasteiger partial charge is 0.481 e. The van der Waals surface area contributed by atoms with Crippen molar-refractivity contribution in [3.63, 3.8) is 0 Å². The van der Waals surface area contributed by atoms with Gasteiger partial charge in [-0.3, -0.25) is 4.79 Å². The molecule has 0 bridgehead atoms. The lowest BCUT2D eigenvalue weighted by molar-refractivity contribution is -0.144. The van der Waals surface area contributed by atoms with Crippen molar-refractivity contribution in [1.29, 1.82) is 0 Å². The molecule has 0 saturated carbocycles. The van der Waals surface area contributed by atoms with Crippen molar-refractivity contribution in [3.05, 3.63) is 29.1 Å². The minimum atomic E-state index is -4.02. The highest BCUT2D eigenvalue weighted by Crippen LogP contribution is 2.31. The molecule has 6 nitrogen and oxygen atoms in total. The number of aryl methyl sites for hydroxylation is 2. The van der Waals surface area contributed by atoms with Gasteiger partial charge in [0.05, 0.1) is 12.0 Å². The molecule has 1 heterocycles. The molecule has 1 saturated heterocycles. The van der Waals surface area contributed by atoms with Gasteiger partial charge in [-0.1, -0.05) is 6.07 Å². The fraction of sp³-hybridized carbons (Fsp3) is 0.533. The Labute approximate surface area is 134 Å². The summed E-state index contributed by atoms with van der Waals surface area (Å²) in [5.74, 6) is -1.93. The van der Waals surface area contributed by atoms with Crippen LogP contribution in [0.3, 0.4) is 0 Å². The lowest BCUT2D eigenvalue weighted by Gasteiger charge is -2.36. The minimum Gasteiger partial charge on any atom is -0.481 e. The maximum atomic E-state index is 14.2. The van der Waals surface area contributed by atoms with Gasteiger partial charge in [0, 0.05) is 13.1 Å². The van der Waals surface area contributed by atoms with E-state index in [1.54, 1.807) is 13.0 Å². The van der Waals surface area contributed by atoms with Crippen LogP contribution in [0.25, 0.3) is 0 Å². The Morgan fingerprint density at radius 3 is 2.35 bits per heavy atom. The van der Waals surface area contributed by atoms with E-state index in [4.69, 9.17) is 5.11 Å². The topological polar surface area (TPSA) is 94.9 Å². The number of halogens is 1. The molecule has 2 rings (SSSR count). The number of carboxylic acid groups (broad SMARTS) is 1. The van der Waals surface area contributed by atoms with Crippen LogP contribution in [0, 0.1) is 19.7 Å². The van der Waals surface area contributed by atoms with Crippen molar-refractivity contribution in [2.45, 2.75) is 43.6 Å². The Kier molecular flexibility index (Phi) is 4.79. The third kappa shape index (κ3) is 3.70. The first-order chi connectivity index (χ1) is 10.5. The fourth-order valence-electron chi connectivity index (χ4n) is 2.96. The van der Waals surface area contributed by atoms with Crippen LogP contribution in [0.2, 0.25) is 0 Å². The molecule has 1 aromatic rings. The Hall–Kier alpha value is -1.51. The van der Waals surface area contributed by atoms with Crippen LogP contribution in [0.1, 0.15) is 30.4 Å². The van der Waals surface area contributed by atoms with Gasteiger partial charge in [0.2, 0.25) is 10.0 Å². The van der Waals surface area contributed by atoms with Gasteiger partial charge in [0.15, 0.2) is 0 Å². The molecule has 1 fully saturated rings. The lowest BCUT2D eigenvalue weighted by atomic mass is 9.89. The summed E-state index contributed by atoms with van der Waals surface area (Å²) in [5.41, 5.74) is -0.457. The van der Waals surface area contributed by atoms with E-state index in [0.29, 0.717) is 11.1 Å². The summed E-state index contributed by atoms with van der Waals surface area (Å²) in [4.78, 5) is 10.4. The normalized spacial score (nSPS) is 18.8. The van der Waals surface area contributed by atoms with Crippen LogP contribution >= 0.6 is 0 Å². The second kappa shape index (κ2) is 6.18. The predicted molar refractivity (Wildman–Crippen MR) is 81.1 cm³/mol. The summed E-state index contributed by atoms with van der Waals surface area (Å²) < 4.78 is 40.6. The second-order valence-corrected chi connectivity index (χ2v) is 7.97. The highest BCUT2D eigenvalue weighted by Gasteiger charge is 2.39. The highest BCUT2D eigenvalue weighted by molar-refractivity contribution is 7.89. The number of aliphatic hydroxyl groups is 1. The summed E-state index contributed by atoms with van der Waals surface area (Å²) >= 11 is 0. The van der Waals surface area contributed by atoms with Crippen molar-refractivity contribution >= 4 is 16.0 Å². The van der Waals surface area contributed by atoms with Gasteiger partial charge >= 0.3 is 5.97 Å². The van der Waals surface area contributed by atoms with E-state index in [-0.39, 0.29) is 30.8 Å². The van der Waals surface area contributed by atoms with Crippen LogP contribution in [0.4, 0.5) is 4.39 Å². The number of hydrogen-bond donors (Lipinski definition) is 2. The van der Waals surface area contributed by atoms with Gasteiger partial charge in [-0.25, -0.2) is 12.8 Å². The SMILES string of the molecule is Cc1cc(C)c(S(=O)(=O)N2CCC(O)(CC(=O)O)CC2)c(F)c1. The molecule has 0 aromatic heterocycles. The van der Waals surface area contributed by atoms with Gasteiger partial charge in [-0.05, 0) is 43.9 Å². The maximum Gasteiger partial charge on any atom is 0.306 e. The van der Waals surface area contributed by atoms with Crippen molar-refractivity contribution < 1.29 is 27.8 Å². The van der Waals surface area contributed by atoms with E-state index in [0.717, 1.165) is 4.31 Å². The average molecular weight is 345 g/mol. The third-order valence-corrected chi connectivity index (χ3v) is 6.18. The smallest absolute Gasteiger partial charge is 0.306 e. The molecule has 0 atom stereocenters. The number of carboxylic acids is 1. The van der Waals surface area contributed by atoms with E-state index in [1.165, 1.54) is 13.0 Å². The quantitative estimate of drug-likeness (QED) is 0.861. The standard InChI is InChI=1S/C15H20FNO5S/c1-10-7-11(2)14(12(16)8-10)23(21,22)17-5-3-15(20,4-6-17)9-13(18)19/h7-8,20H,3-6,9H2,1-2H3,(H,18,19). The van der Waals surface area contributed by atoms with Crippen molar-refractivity contribution in [3.8, 4) is 0 Å². The molecule has 8 heteroatoms. The van der Waals surface area contributed by atoms with Gasteiger partial charge in [-0.15, -0.1) is 0 Å². The van der Waals surface area contributed by atoms with Crippen LogP contribution in [0.15, 0.2) is 17.0 Å². The zero-order chi connectivity index (χ0) is 17.4. The first-order valence-electron chi connectivity index (χ1n) is 7.26. The van der Waals surface area contributed by atoms with E-state index in [2.05, 4.69) is 0 Å². The summed E-state index contributed by atoms with van der Waals surface area (Å²) in [5, 5.41) is 19.0. The van der Waals surface area contributed by atoms with Gasteiger partial charge in [0.1, 0.15) is 10.7 Å². The molecular weight excluding hydrogens is 325 g/mol. The number of nitrogens with zero attached hydrogens (tertiary/aromatic N) is 1. The summed E-state index contributed by atoms with van der Waals surface area (Å²) in [6.45, 7) is 3.13. The molecular formula is C15H20FNO5S. The molecule has 1 aliphatic rings. The van der Waals surface area contributed by atoms with Crippen molar-refractivity contribution in [2.24, 2.45) is 0 Å². The van der Waals surface area contributed by atoms with Crippen LogP contribution in [-0.2, 0) is 14.8 Å². The third-order valence-electron chi connectivity index (χ3n) is 4.10. The Balaban J connectivity index is 2.25. The zero-order valence-electron chi connectivity index (χ0n) is 13.0. The summed E-state index contributed by atoms with van der Waals surface area (Å²) in [6, 6.07) is 2.77. The number of benzene rings is 1. The van der Waals surface area contributed by atoms with E-state index < -0.39 is 33.8 Å². The molecule has 2 N–H and O–H groups in total. The maximum absolute atomic E-state index is 14.2. The monoisotopic (exact) mass is 345 g/mol. The second-order valence-electron chi connectivity index (χ2n) is 6.09. The first kappa shape index (κ1) is 17.8. The predicted octanol–water partition coefficient (Wildman–Crippen LogP) is 1.43. The number of piperidine rings is 1. The summed E-state index contributed by atoms with van der Waals surface area (Å²) in [7, 11) is -4.02. The summed E-state index contributed by atoms with van der Waals surface area (Å²) in [6.07, 6.45) is -0.422. The Morgan fingerprint density at radius 1 is 1.30 bits per heavy atom. The van der Waals surface area contributed by atoms with Gasteiger partial charge < -0.3 is 10.2 Å². The number of carbonyl (C=O) groups is 1.